The molecule has 0 saturated carbocycles. The summed E-state index contributed by atoms with van der Waals surface area (Å²) in [5.74, 6) is 0.400. The molecule has 6 heteroatoms. The molecule has 0 atom stereocenters. The molecule has 2 rings (SSSR count). The van der Waals surface area contributed by atoms with Crippen LogP contribution in [0.3, 0.4) is 0 Å². The van der Waals surface area contributed by atoms with Gasteiger partial charge in [0.15, 0.2) is 0 Å². The molecule has 24 heavy (non-hydrogen) atoms. The standard InChI is InChI=1S/C18H27N3O2.ClH/c1-18(2,3)15-6-4-14(5-7-15)17(23)20-9-8-16(22)21-12-13-10-19-11-13;/h4-7,13,19H,8-12H2,1-3H3,(H,20,23)(H,21,22);1H. The highest BCUT2D eigenvalue weighted by Crippen LogP contribution is 2.22. The van der Waals surface area contributed by atoms with Crippen LogP contribution in [0, 0.1) is 5.92 Å². The molecule has 0 bridgehead atoms. The van der Waals surface area contributed by atoms with Gasteiger partial charge < -0.3 is 16.0 Å². The molecular weight excluding hydrogens is 326 g/mol. The molecule has 0 spiro atoms. The van der Waals surface area contributed by atoms with Crippen molar-refractivity contribution in [2.75, 3.05) is 26.2 Å². The van der Waals surface area contributed by atoms with Gasteiger partial charge in [-0.15, -0.1) is 12.4 Å². The minimum atomic E-state index is -0.138. The summed E-state index contributed by atoms with van der Waals surface area (Å²) in [6, 6.07) is 7.63. The van der Waals surface area contributed by atoms with Crippen LogP contribution in [-0.4, -0.2) is 38.0 Å². The maximum absolute atomic E-state index is 12.1. The fraction of sp³-hybridized carbons (Fsp3) is 0.556. The second kappa shape index (κ2) is 9.04. The summed E-state index contributed by atoms with van der Waals surface area (Å²) in [5.41, 5.74) is 1.89. The summed E-state index contributed by atoms with van der Waals surface area (Å²) >= 11 is 0. The lowest BCUT2D eigenvalue weighted by molar-refractivity contribution is -0.121. The average Bonchev–Trinajstić information content (AvgIpc) is 2.44. The number of carbonyl (C=O) groups is 2. The van der Waals surface area contributed by atoms with Gasteiger partial charge >= 0.3 is 0 Å². The maximum atomic E-state index is 12.1. The molecule has 134 valence electrons. The average molecular weight is 354 g/mol. The van der Waals surface area contributed by atoms with Gasteiger partial charge in [0.2, 0.25) is 5.91 Å². The molecule has 0 unspecified atom stereocenters. The van der Waals surface area contributed by atoms with Gasteiger partial charge in [-0.2, -0.15) is 0 Å². The van der Waals surface area contributed by atoms with Gasteiger partial charge in [0.1, 0.15) is 0 Å². The highest BCUT2D eigenvalue weighted by atomic mass is 35.5. The van der Waals surface area contributed by atoms with Crippen molar-refractivity contribution in [2.24, 2.45) is 5.92 Å². The summed E-state index contributed by atoms with van der Waals surface area (Å²) in [4.78, 5) is 23.7. The largest absolute Gasteiger partial charge is 0.356 e. The molecule has 0 aromatic heterocycles. The monoisotopic (exact) mass is 353 g/mol. The molecule has 1 saturated heterocycles. The summed E-state index contributed by atoms with van der Waals surface area (Å²) in [6.07, 6.45) is 0.311. The Morgan fingerprint density at radius 2 is 1.75 bits per heavy atom. The molecule has 1 heterocycles. The van der Waals surface area contributed by atoms with Crippen LogP contribution in [0.15, 0.2) is 24.3 Å². The van der Waals surface area contributed by atoms with Crippen molar-refractivity contribution in [1.29, 1.82) is 0 Å². The number of rotatable bonds is 6. The van der Waals surface area contributed by atoms with E-state index in [0.717, 1.165) is 13.1 Å². The van der Waals surface area contributed by atoms with E-state index in [9.17, 15) is 9.59 Å². The quantitative estimate of drug-likeness (QED) is 0.731. The van der Waals surface area contributed by atoms with Crippen LogP contribution in [0.4, 0.5) is 0 Å². The van der Waals surface area contributed by atoms with Crippen LogP contribution >= 0.6 is 12.4 Å². The second-order valence-electron chi connectivity index (χ2n) is 7.16. The van der Waals surface area contributed by atoms with E-state index in [1.165, 1.54) is 5.56 Å². The maximum Gasteiger partial charge on any atom is 0.251 e. The zero-order valence-corrected chi connectivity index (χ0v) is 15.5. The van der Waals surface area contributed by atoms with Gasteiger partial charge in [-0.05, 0) is 23.1 Å². The van der Waals surface area contributed by atoms with Gasteiger partial charge in [-0.1, -0.05) is 32.9 Å². The normalized spacial score (nSPS) is 14.3. The van der Waals surface area contributed by atoms with Crippen molar-refractivity contribution in [1.82, 2.24) is 16.0 Å². The number of nitrogens with one attached hydrogen (secondary N) is 3. The third-order valence-electron chi connectivity index (χ3n) is 4.10. The van der Waals surface area contributed by atoms with Gasteiger partial charge in [0, 0.05) is 44.1 Å². The second-order valence-corrected chi connectivity index (χ2v) is 7.16. The first-order valence-corrected chi connectivity index (χ1v) is 8.22. The lowest BCUT2D eigenvalue weighted by Crippen LogP contribution is -2.48. The van der Waals surface area contributed by atoms with Crippen LogP contribution in [0.5, 0.6) is 0 Å². The van der Waals surface area contributed by atoms with Gasteiger partial charge in [0.05, 0.1) is 0 Å². The van der Waals surface area contributed by atoms with E-state index in [4.69, 9.17) is 0 Å². The molecule has 0 radical (unpaired) electrons. The molecule has 5 nitrogen and oxygen atoms in total. The smallest absolute Gasteiger partial charge is 0.251 e. The van der Waals surface area contributed by atoms with E-state index >= 15 is 0 Å². The SMILES string of the molecule is CC(C)(C)c1ccc(C(=O)NCCC(=O)NCC2CNC2)cc1.Cl. The van der Waals surface area contributed by atoms with Crippen molar-refractivity contribution < 1.29 is 9.59 Å². The van der Waals surface area contributed by atoms with Gasteiger partial charge in [-0.25, -0.2) is 0 Å². The molecule has 1 aliphatic heterocycles. The minimum absolute atomic E-state index is 0. The Kier molecular flexibility index (Phi) is 7.70. The summed E-state index contributed by atoms with van der Waals surface area (Å²) < 4.78 is 0. The van der Waals surface area contributed by atoms with E-state index in [-0.39, 0.29) is 29.6 Å². The first kappa shape index (κ1) is 20.5. The summed E-state index contributed by atoms with van der Waals surface area (Å²) in [6.45, 7) is 9.44. The molecule has 1 fully saturated rings. The fourth-order valence-corrected chi connectivity index (χ4v) is 2.35. The predicted molar refractivity (Wildman–Crippen MR) is 98.7 cm³/mol. The topological polar surface area (TPSA) is 70.2 Å². The number of benzene rings is 1. The zero-order valence-electron chi connectivity index (χ0n) is 14.6. The number of hydrogen-bond acceptors (Lipinski definition) is 3. The third kappa shape index (κ3) is 6.13. The first-order valence-electron chi connectivity index (χ1n) is 8.22. The Bertz CT molecular complexity index is 548. The first-order chi connectivity index (χ1) is 10.9. The molecule has 1 aliphatic rings. The Hall–Kier alpha value is -1.59. The molecular formula is C18H28ClN3O2. The Morgan fingerprint density at radius 3 is 2.25 bits per heavy atom. The van der Waals surface area contributed by atoms with Crippen molar-refractivity contribution in [3.63, 3.8) is 0 Å². The van der Waals surface area contributed by atoms with E-state index in [0.29, 0.717) is 31.0 Å². The van der Waals surface area contributed by atoms with E-state index in [2.05, 4.69) is 36.7 Å². The summed E-state index contributed by atoms with van der Waals surface area (Å²) in [7, 11) is 0. The molecule has 3 N–H and O–H groups in total. The van der Waals surface area contributed by atoms with Crippen molar-refractivity contribution in [3.05, 3.63) is 35.4 Å². The molecule has 1 aromatic carbocycles. The van der Waals surface area contributed by atoms with E-state index in [1.807, 2.05) is 24.3 Å². The van der Waals surface area contributed by atoms with Crippen LogP contribution in [0.2, 0.25) is 0 Å². The number of carbonyl (C=O) groups excluding carboxylic acids is 2. The highest BCUT2D eigenvalue weighted by molar-refractivity contribution is 5.94. The van der Waals surface area contributed by atoms with Gasteiger partial charge in [-0.3, -0.25) is 9.59 Å². The highest BCUT2D eigenvalue weighted by Gasteiger charge is 2.17. The third-order valence-corrected chi connectivity index (χ3v) is 4.10. The van der Waals surface area contributed by atoms with Crippen LogP contribution < -0.4 is 16.0 Å². The lowest BCUT2D eigenvalue weighted by atomic mass is 9.87. The van der Waals surface area contributed by atoms with Gasteiger partial charge in [0.25, 0.3) is 5.91 Å². The van der Waals surface area contributed by atoms with Crippen molar-refractivity contribution >= 4 is 24.2 Å². The number of amides is 2. The van der Waals surface area contributed by atoms with E-state index in [1.54, 1.807) is 0 Å². The minimum Gasteiger partial charge on any atom is -0.356 e. The summed E-state index contributed by atoms with van der Waals surface area (Å²) in [5, 5.41) is 8.85. The molecule has 1 aromatic rings. The molecule has 0 aliphatic carbocycles. The van der Waals surface area contributed by atoms with Crippen LogP contribution in [-0.2, 0) is 10.2 Å². The lowest BCUT2D eigenvalue weighted by Gasteiger charge is -2.27. The Labute approximate surface area is 150 Å². The fourth-order valence-electron chi connectivity index (χ4n) is 2.35. The zero-order chi connectivity index (χ0) is 16.9. The van der Waals surface area contributed by atoms with E-state index < -0.39 is 0 Å². The number of halogens is 1. The Morgan fingerprint density at radius 1 is 1.12 bits per heavy atom. The predicted octanol–water partition coefficient (Wildman–Crippen LogP) is 1.86. The molecule has 2 amide bonds. The van der Waals surface area contributed by atoms with Crippen LogP contribution in [0.25, 0.3) is 0 Å². The Balaban J connectivity index is 0.00000288. The van der Waals surface area contributed by atoms with Crippen molar-refractivity contribution in [3.8, 4) is 0 Å². The van der Waals surface area contributed by atoms with Crippen LogP contribution in [0.1, 0.15) is 43.1 Å². The number of hydrogen-bond donors (Lipinski definition) is 3. The van der Waals surface area contributed by atoms with Crippen molar-refractivity contribution in [2.45, 2.75) is 32.6 Å².